The third kappa shape index (κ3) is 3.56. The highest BCUT2D eigenvalue weighted by molar-refractivity contribution is 6.59. The Morgan fingerprint density at radius 2 is 2.00 bits per heavy atom. The van der Waals surface area contributed by atoms with Crippen molar-refractivity contribution in [1.82, 2.24) is 4.90 Å². The molecule has 2 aliphatic heterocycles. The van der Waals surface area contributed by atoms with Gasteiger partial charge in [0, 0.05) is 5.92 Å². The van der Waals surface area contributed by atoms with Gasteiger partial charge in [0.05, 0.1) is 18.8 Å². The molecule has 0 bridgehead atoms. The van der Waals surface area contributed by atoms with Gasteiger partial charge in [0.25, 0.3) is 0 Å². The van der Waals surface area contributed by atoms with Crippen LogP contribution in [0.15, 0.2) is 12.1 Å². The molecule has 0 aromatic heterocycles. The maximum absolute atomic E-state index is 12.5. The van der Waals surface area contributed by atoms with Crippen molar-refractivity contribution in [3.8, 4) is 11.5 Å². The second-order valence-corrected chi connectivity index (χ2v) is 8.34. The van der Waals surface area contributed by atoms with E-state index in [4.69, 9.17) is 9.39 Å². The summed E-state index contributed by atoms with van der Waals surface area (Å²) in [5.74, 6) is -0.355. The van der Waals surface area contributed by atoms with Gasteiger partial charge in [-0.3, -0.25) is 4.79 Å². The number of hydrogen-bond donors (Lipinski definition) is 3. The summed E-state index contributed by atoms with van der Waals surface area (Å²) < 4.78 is 11.0. The van der Waals surface area contributed by atoms with Gasteiger partial charge in [-0.2, -0.15) is 0 Å². The predicted octanol–water partition coefficient (Wildman–Crippen LogP) is 1.27. The van der Waals surface area contributed by atoms with Crippen molar-refractivity contribution in [3.63, 3.8) is 0 Å². The second kappa shape index (κ2) is 6.97. The first-order valence-electron chi connectivity index (χ1n) is 9.87. The van der Waals surface area contributed by atoms with E-state index in [1.165, 1.54) is 0 Å². The maximum atomic E-state index is 12.5. The molecule has 3 N–H and O–H groups in total. The molecule has 152 valence electrons. The average Bonchev–Trinajstić information content (AvgIpc) is 3.02. The van der Waals surface area contributed by atoms with Crippen LogP contribution >= 0.6 is 0 Å². The van der Waals surface area contributed by atoms with Crippen LogP contribution in [0.3, 0.4) is 0 Å². The van der Waals surface area contributed by atoms with Crippen LogP contribution in [0.25, 0.3) is 0 Å². The Bertz CT molecular complexity index is 806. The Labute approximate surface area is 163 Å². The number of aromatic carboxylic acids is 1. The van der Waals surface area contributed by atoms with Gasteiger partial charge in [0.2, 0.25) is 5.91 Å². The van der Waals surface area contributed by atoms with E-state index in [2.05, 4.69) is 6.92 Å². The summed E-state index contributed by atoms with van der Waals surface area (Å²) >= 11 is 0. The zero-order valence-electron chi connectivity index (χ0n) is 15.8. The van der Waals surface area contributed by atoms with Crippen molar-refractivity contribution >= 4 is 18.6 Å². The number of amides is 1. The zero-order valence-corrected chi connectivity index (χ0v) is 15.8. The van der Waals surface area contributed by atoms with E-state index in [9.17, 15) is 24.7 Å². The van der Waals surface area contributed by atoms with Gasteiger partial charge >= 0.3 is 12.7 Å². The Morgan fingerprint density at radius 1 is 1.25 bits per heavy atom. The maximum Gasteiger partial charge on any atom is 0.430 e. The van der Waals surface area contributed by atoms with Crippen LogP contribution in [0.5, 0.6) is 11.5 Å². The van der Waals surface area contributed by atoms with E-state index in [0.717, 1.165) is 19.3 Å². The van der Waals surface area contributed by atoms with Crippen LogP contribution in [0.4, 0.5) is 0 Å². The lowest BCUT2D eigenvalue weighted by Crippen LogP contribution is -2.57. The lowest BCUT2D eigenvalue weighted by atomic mass is 9.70. The van der Waals surface area contributed by atoms with Crippen LogP contribution in [-0.4, -0.2) is 57.9 Å². The minimum Gasteiger partial charge on any atom is -0.669 e. The van der Waals surface area contributed by atoms with Gasteiger partial charge in [-0.05, 0) is 43.2 Å². The number of likely N-dealkylation sites (tertiary alicyclic amines) is 1. The van der Waals surface area contributed by atoms with Gasteiger partial charge in [-0.15, -0.1) is 0 Å². The standard InChI is InChI=1S/C19H25BNO7/c1-11-2-3-13(8-11)18(22)21-9-14(10-21)27-15-5-4-12-6-7-20(25,26)28-17(12)16(15)19(23)24/h4-5,11,13-14,25-26H,2-3,6-10H2,1H3,(H,23,24)/q-1/t11-,13+/m1/s1. The van der Waals surface area contributed by atoms with E-state index in [0.29, 0.717) is 31.0 Å². The van der Waals surface area contributed by atoms with Crippen molar-refractivity contribution in [3.05, 3.63) is 23.3 Å². The molecule has 1 aromatic rings. The number of aryl methyl sites for hydroxylation is 1. The first-order chi connectivity index (χ1) is 13.2. The molecular formula is C19H25BNO7-. The van der Waals surface area contributed by atoms with Gasteiger partial charge < -0.3 is 29.4 Å². The van der Waals surface area contributed by atoms with Gasteiger partial charge in [0.1, 0.15) is 17.4 Å². The van der Waals surface area contributed by atoms with Crippen molar-refractivity contribution in [1.29, 1.82) is 0 Å². The number of fused-ring (bicyclic) bond motifs is 1. The molecule has 8 nitrogen and oxygen atoms in total. The first kappa shape index (κ1) is 19.1. The molecule has 0 spiro atoms. The molecule has 1 aliphatic carbocycles. The Balaban J connectivity index is 1.45. The lowest BCUT2D eigenvalue weighted by Gasteiger charge is -2.41. The highest BCUT2D eigenvalue weighted by Crippen LogP contribution is 2.39. The number of rotatable bonds is 4. The molecule has 1 aromatic carbocycles. The Hall–Kier alpha value is -2.26. The van der Waals surface area contributed by atoms with Crippen LogP contribution in [0.2, 0.25) is 6.32 Å². The van der Waals surface area contributed by atoms with E-state index in [1.807, 2.05) is 0 Å². The molecule has 1 saturated carbocycles. The van der Waals surface area contributed by atoms with Crippen LogP contribution in [-0.2, 0) is 11.2 Å². The largest absolute Gasteiger partial charge is 0.669 e. The summed E-state index contributed by atoms with van der Waals surface area (Å²) in [5, 5.41) is 29.2. The molecule has 2 heterocycles. The van der Waals surface area contributed by atoms with E-state index >= 15 is 0 Å². The number of hydrogen-bond acceptors (Lipinski definition) is 6. The third-order valence-electron chi connectivity index (χ3n) is 6.01. The van der Waals surface area contributed by atoms with Crippen molar-refractivity contribution in [2.45, 2.75) is 45.0 Å². The monoisotopic (exact) mass is 390 g/mol. The fourth-order valence-electron chi connectivity index (χ4n) is 4.39. The quantitative estimate of drug-likeness (QED) is 0.663. The Morgan fingerprint density at radius 3 is 2.64 bits per heavy atom. The fraction of sp³-hybridized carbons (Fsp3) is 0.579. The summed E-state index contributed by atoms with van der Waals surface area (Å²) in [6, 6.07) is 3.26. The van der Waals surface area contributed by atoms with Crippen molar-refractivity contribution < 1.29 is 34.1 Å². The number of nitrogens with zero attached hydrogens (tertiary/aromatic N) is 1. The molecule has 1 saturated heterocycles. The molecule has 9 heteroatoms. The Kier molecular flexibility index (Phi) is 4.75. The second-order valence-electron chi connectivity index (χ2n) is 8.34. The van der Waals surface area contributed by atoms with Crippen molar-refractivity contribution in [2.75, 3.05) is 13.1 Å². The number of benzene rings is 1. The van der Waals surface area contributed by atoms with E-state index in [-0.39, 0.29) is 41.3 Å². The van der Waals surface area contributed by atoms with Crippen LogP contribution < -0.4 is 9.39 Å². The molecule has 2 fully saturated rings. The predicted molar refractivity (Wildman–Crippen MR) is 100 cm³/mol. The highest BCUT2D eigenvalue weighted by Gasteiger charge is 2.39. The van der Waals surface area contributed by atoms with Gasteiger partial charge in [0.15, 0.2) is 0 Å². The topological polar surface area (TPSA) is 117 Å². The zero-order chi connectivity index (χ0) is 20.1. The third-order valence-corrected chi connectivity index (χ3v) is 6.01. The van der Waals surface area contributed by atoms with E-state index in [1.54, 1.807) is 17.0 Å². The number of carbonyl (C=O) groups is 2. The fourth-order valence-corrected chi connectivity index (χ4v) is 4.39. The number of ether oxygens (including phenoxy) is 1. The molecule has 0 radical (unpaired) electrons. The van der Waals surface area contributed by atoms with E-state index < -0.39 is 12.7 Å². The minimum atomic E-state index is -3.07. The number of carbonyl (C=O) groups excluding carboxylic acids is 1. The minimum absolute atomic E-state index is 0.0196. The molecule has 2 atom stereocenters. The SMILES string of the molecule is C[C@@H]1CC[C@H](C(=O)N2CC(Oc3ccc4c(c3C(=O)O)O[B-](O)(O)CC4)C2)C1. The van der Waals surface area contributed by atoms with Crippen LogP contribution in [0, 0.1) is 11.8 Å². The number of carboxylic acid groups (broad SMARTS) is 1. The summed E-state index contributed by atoms with van der Waals surface area (Å²) in [5.41, 5.74) is 0.395. The molecule has 3 aliphatic rings. The summed E-state index contributed by atoms with van der Waals surface area (Å²) in [4.78, 5) is 26.1. The summed E-state index contributed by atoms with van der Waals surface area (Å²) in [6.45, 7) is -0.0571. The summed E-state index contributed by atoms with van der Waals surface area (Å²) in [7, 11) is 0. The number of carboxylic acids is 1. The van der Waals surface area contributed by atoms with Crippen LogP contribution in [0.1, 0.15) is 42.1 Å². The van der Waals surface area contributed by atoms with Gasteiger partial charge in [-0.25, -0.2) is 4.79 Å². The smallest absolute Gasteiger partial charge is 0.430 e. The lowest BCUT2D eigenvalue weighted by molar-refractivity contribution is -0.144. The molecule has 1 amide bonds. The average molecular weight is 390 g/mol. The normalized spacial score (nSPS) is 26.2. The van der Waals surface area contributed by atoms with Gasteiger partial charge in [-0.1, -0.05) is 19.3 Å². The molecule has 4 rings (SSSR count). The molecule has 0 unspecified atom stereocenters. The van der Waals surface area contributed by atoms with Crippen molar-refractivity contribution in [2.24, 2.45) is 11.8 Å². The highest BCUT2D eigenvalue weighted by atomic mass is 16.6. The molecule has 28 heavy (non-hydrogen) atoms. The molecular weight excluding hydrogens is 365 g/mol. The first-order valence-corrected chi connectivity index (χ1v) is 9.87. The summed E-state index contributed by atoms with van der Waals surface area (Å²) in [6.07, 6.45) is 2.98.